The van der Waals surface area contributed by atoms with Crippen molar-refractivity contribution in [3.05, 3.63) is 89.9 Å². The third-order valence-corrected chi connectivity index (χ3v) is 5.21. The van der Waals surface area contributed by atoms with Crippen LogP contribution in [-0.4, -0.2) is 25.0 Å². The van der Waals surface area contributed by atoms with Crippen molar-refractivity contribution in [2.45, 2.75) is 20.3 Å². The van der Waals surface area contributed by atoms with Crippen LogP contribution >= 0.6 is 0 Å². The Hall–Kier alpha value is -4.13. The SMILES string of the molecule is CCCOc1cccc(N2C(=O)C(Nc3ccccc3OCC)=C(c3ccc(F)cc3)C2=O)c1. The van der Waals surface area contributed by atoms with E-state index in [0.717, 1.165) is 11.3 Å². The van der Waals surface area contributed by atoms with Crippen LogP contribution < -0.4 is 19.7 Å². The number of carbonyl (C=O) groups is 2. The summed E-state index contributed by atoms with van der Waals surface area (Å²) in [6.07, 6.45) is 0.829. The van der Waals surface area contributed by atoms with Gasteiger partial charge in [0.2, 0.25) is 0 Å². The van der Waals surface area contributed by atoms with E-state index in [9.17, 15) is 14.0 Å². The predicted molar refractivity (Wildman–Crippen MR) is 129 cm³/mol. The van der Waals surface area contributed by atoms with Crippen LogP contribution in [-0.2, 0) is 9.59 Å². The van der Waals surface area contributed by atoms with Crippen molar-refractivity contribution in [3.63, 3.8) is 0 Å². The van der Waals surface area contributed by atoms with Crippen LogP contribution in [0.2, 0.25) is 0 Å². The van der Waals surface area contributed by atoms with Crippen LogP contribution in [0.15, 0.2) is 78.5 Å². The van der Waals surface area contributed by atoms with Gasteiger partial charge in [-0.1, -0.05) is 37.3 Å². The summed E-state index contributed by atoms with van der Waals surface area (Å²) in [7, 11) is 0. The molecule has 4 rings (SSSR count). The van der Waals surface area contributed by atoms with Crippen molar-refractivity contribution in [1.29, 1.82) is 0 Å². The number of hydrogen-bond acceptors (Lipinski definition) is 5. The standard InChI is InChI=1S/C27H25FN2O4/c1-3-16-34-21-9-7-8-20(17-21)30-26(31)24(18-12-14-19(28)15-13-18)25(27(30)32)29-22-10-5-6-11-23(22)33-4-2/h5-15,17,29H,3-4,16H2,1-2H3. The molecule has 34 heavy (non-hydrogen) atoms. The van der Waals surface area contributed by atoms with E-state index in [1.165, 1.54) is 24.3 Å². The smallest absolute Gasteiger partial charge is 0.282 e. The summed E-state index contributed by atoms with van der Waals surface area (Å²) >= 11 is 0. The minimum Gasteiger partial charge on any atom is -0.494 e. The highest BCUT2D eigenvalue weighted by Crippen LogP contribution is 2.36. The van der Waals surface area contributed by atoms with Gasteiger partial charge >= 0.3 is 0 Å². The second kappa shape index (κ2) is 10.2. The number of nitrogens with zero attached hydrogens (tertiary/aromatic N) is 1. The Balaban J connectivity index is 1.78. The van der Waals surface area contributed by atoms with Gasteiger partial charge in [0.25, 0.3) is 11.8 Å². The van der Waals surface area contributed by atoms with Gasteiger partial charge in [0.1, 0.15) is 23.0 Å². The molecular formula is C27H25FN2O4. The molecule has 1 aliphatic heterocycles. The van der Waals surface area contributed by atoms with E-state index in [1.807, 2.05) is 19.9 Å². The number of imide groups is 1. The number of carbonyl (C=O) groups excluding carboxylic acids is 2. The first-order valence-corrected chi connectivity index (χ1v) is 11.1. The average molecular weight is 461 g/mol. The van der Waals surface area contributed by atoms with Crippen molar-refractivity contribution in [2.24, 2.45) is 0 Å². The maximum Gasteiger partial charge on any atom is 0.282 e. The number of hydrogen-bond donors (Lipinski definition) is 1. The van der Waals surface area contributed by atoms with Gasteiger partial charge in [0, 0.05) is 6.07 Å². The lowest BCUT2D eigenvalue weighted by molar-refractivity contribution is -0.120. The van der Waals surface area contributed by atoms with Gasteiger partial charge in [0.15, 0.2) is 0 Å². The normalized spacial score (nSPS) is 13.4. The topological polar surface area (TPSA) is 67.9 Å². The summed E-state index contributed by atoms with van der Waals surface area (Å²) in [4.78, 5) is 28.3. The lowest BCUT2D eigenvalue weighted by Gasteiger charge is -2.17. The van der Waals surface area contributed by atoms with E-state index in [-0.39, 0.29) is 11.3 Å². The summed E-state index contributed by atoms with van der Waals surface area (Å²) in [6, 6.07) is 19.5. The fourth-order valence-corrected chi connectivity index (χ4v) is 3.68. The van der Waals surface area contributed by atoms with Crippen LogP contribution in [0.3, 0.4) is 0 Å². The molecule has 0 saturated carbocycles. The van der Waals surface area contributed by atoms with Gasteiger partial charge in [-0.3, -0.25) is 9.59 Å². The van der Waals surface area contributed by atoms with E-state index in [0.29, 0.717) is 41.7 Å². The summed E-state index contributed by atoms with van der Waals surface area (Å²) in [5, 5.41) is 3.10. The number of benzene rings is 3. The molecule has 0 radical (unpaired) electrons. The third-order valence-electron chi connectivity index (χ3n) is 5.21. The Morgan fingerprint density at radius 3 is 2.38 bits per heavy atom. The molecule has 6 nitrogen and oxygen atoms in total. The molecule has 1 aliphatic rings. The number of ether oxygens (including phenoxy) is 2. The molecule has 7 heteroatoms. The predicted octanol–water partition coefficient (Wildman–Crippen LogP) is 5.41. The van der Waals surface area contributed by atoms with Crippen molar-refractivity contribution in [2.75, 3.05) is 23.4 Å². The Kier molecular flexibility index (Phi) is 6.92. The molecule has 2 amide bonds. The van der Waals surface area contributed by atoms with Crippen molar-refractivity contribution in [1.82, 2.24) is 0 Å². The largest absolute Gasteiger partial charge is 0.494 e. The average Bonchev–Trinajstić information content (AvgIpc) is 3.09. The minimum absolute atomic E-state index is 0.0867. The Morgan fingerprint density at radius 2 is 1.65 bits per heavy atom. The molecule has 0 bridgehead atoms. The fourth-order valence-electron chi connectivity index (χ4n) is 3.68. The number of para-hydroxylation sites is 2. The Bertz CT molecular complexity index is 1240. The second-order valence-corrected chi connectivity index (χ2v) is 7.60. The zero-order chi connectivity index (χ0) is 24.1. The molecule has 0 aromatic heterocycles. The van der Waals surface area contributed by atoms with Gasteiger partial charge in [-0.05, 0) is 55.3 Å². The molecule has 0 saturated heterocycles. The fraction of sp³-hybridized carbons (Fsp3) is 0.185. The van der Waals surface area contributed by atoms with Gasteiger partial charge in [0.05, 0.1) is 30.2 Å². The first kappa shape index (κ1) is 23.0. The molecule has 3 aromatic carbocycles. The summed E-state index contributed by atoms with van der Waals surface area (Å²) in [5.41, 5.74) is 1.59. The van der Waals surface area contributed by atoms with Gasteiger partial charge in [-0.2, -0.15) is 0 Å². The number of rotatable bonds is 9. The Morgan fingerprint density at radius 1 is 0.882 bits per heavy atom. The summed E-state index contributed by atoms with van der Waals surface area (Å²) < 4.78 is 24.9. The number of anilines is 2. The molecule has 0 aliphatic carbocycles. The van der Waals surface area contributed by atoms with Gasteiger partial charge in [-0.15, -0.1) is 0 Å². The van der Waals surface area contributed by atoms with Crippen molar-refractivity contribution in [3.8, 4) is 11.5 Å². The highest BCUT2D eigenvalue weighted by atomic mass is 19.1. The highest BCUT2D eigenvalue weighted by Gasteiger charge is 2.40. The first-order chi connectivity index (χ1) is 16.5. The van der Waals surface area contributed by atoms with E-state index < -0.39 is 17.6 Å². The highest BCUT2D eigenvalue weighted by molar-refractivity contribution is 6.46. The molecule has 3 aromatic rings. The minimum atomic E-state index is -0.525. The van der Waals surface area contributed by atoms with Crippen molar-refractivity contribution < 1.29 is 23.5 Å². The van der Waals surface area contributed by atoms with Gasteiger partial charge in [-0.25, -0.2) is 9.29 Å². The van der Waals surface area contributed by atoms with Crippen LogP contribution in [0.4, 0.5) is 15.8 Å². The molecule has 0 atom stereocenters. The number of amides is 2. The molecular weight excluding hydrogens is 435 g/mol. The second-order valence-electron chi connectivity index (χ2n) is 7.60. The van der Waals surface area contributed by atoms with E-state index >= 15 is 0 Å². The molecule has 174 valence electrons. The maximum absolute atomic E-state index is 13.6. The quantitative estimate of drug-likeness (QED) is 0.433. The lowest BCUT2D eigenvalue weighted by atomic mass is 10.0. The lowest BCUT2D eigenvalue weighted by Crippen LogP contribution is -2.32. The van der Waals surface area contributed by atoms with Crippen LogP contribution in [0.25, 0.3) is 5.57 Å². The summed E-state index contributed by atoms with van der Waals surface area (Å²) in [6.45, 7) is 4.81. The first-order valence-electron chi connectivity index (χ1n) is 11.1. The zero-order valence-electron chi connectivity index (χ0n) is 19.0. The van der Waals surface area contributed by atoms with Crippen LogP contribution in [0.5, 0.6) is 11.5 Å². The molecule has 0 fully saturated rings. The molecule has 0 unspecified atom stereocenters. The van der Waals surface area contributed by atoms with E-state index in [2.05, 4.69) is 5.32 Å². The summed E-state index contributed by atoms with van der Waals surface area (Å²) in [5.74, 6) is -0.366. The molecule has 1 N–H and O–H groups in total. The van der Waals surface area contributed by atoms with E-state index in [4.69, 9.17) is 9.47 Å². The van der Waals surface area contributed by atoms with Crippen LogP contribution in [0, 0.1) is 5.82 Å². The number of nitrogens with one attached hydrogen (secondary N) is 1. The van der Waals surface area contributed by atoms with Crippen molar-refractivity contribution >= 4 is 28.8 Å². The third kappa shape index (κ3) is 4.64. The van der Waals surface area contributed by atoms with Gasteiger partial charge < -0.3 is 14.8 Å². The molecule has 1 heterocycles. The number of halogens is 1. The van der Waals surface area contributed by atoms with Crippen LogP contribution in [0.1, 0.15) is 25.8 Å². The molecule has 0 spiro atoms. The Labute approximate surface area is 197 Å². The zero-order valence-corrected chi connectivity index (χ0v) is 19.0. The maximum atomic E-state index is 13.6. The monoisotopic (exact) mass is 460 g/mol. The van der Waals surface area contributed by atoms with E-state index in [1.54, 1.807) is 42.5 Å².